The second-order valence-corrected chi connectivity index (χ2v) is 8.36. The molecule has 29 heavy (non-hydrogen) atoms. The van der Waals surface area contributed by atoms with E-state index in [1.54, 1.807) is 12.1 Å². The lowest BCUT2D eigenvalue weighted by Crippen LogP contribution is -2.56. The summed E-state index contributed by atoms with van der Waals surface area (Å²) in [4.78, 5) is 26.1. The summed E-state index contributed by atoms with van der Waals surface area (Å²) in [6.45, 7) is 3.83. The van der Waals surface area contributed by atoms with Crippen molar-refractivity contribution in [1.82, 2.24) is 5.06 Å². The molecule has 1 aliphatic carbocycles. The van der Waals surface area contributed by atoms with Gasteiger partial charge in [-0.2, -0.15) is 5.10 Å². The minimum Gasteiger partial charge on any atom is -0.299 e. The molecule has 1 heterocycles. The number of hydrogen-bond acceptors (Lipinski definition) is 6. The maximum absolute atomic E-state index is 13.0. The van der Waals surface area contributed by atoms with Crippen LogP contribution in [-0.2, 0) is 9.59 Å². The lowest BCUT2D eigenvalue weighted by molar-refractivity contribution is -0.146. The third-order valence-corrected chi connectivity index (χ3v) is 5.43. The predicted molar refractivity (Wildman–Crippen MR) is 110 cm³/mol. The van der Waals surface area contributed by atoms with Gasteiger partial charge in [-0.15, -0.1) is 5.10 Å². The standard InChI is InChI=1S/C23H23N3O3/c1-23(2)13-17(27)19(18(28)14-23)21-20(15-9-5-3-6-10-15)24-25-22(26(21)29)16-11-7-4-8-12-16/h3-12,19,21,29H,13-14H2,1-2H3. The monoisotopic (exact) mass is 389 g/mol. The number of ketones is 2. The molecular weight excluding hydrogens is 366 g/mol. The Labute approximate surface area is 169 Å². The number of rotatable bonds is 3. The number of carbonyl (C=O) groups is 2. The van der Waals surface area contributed by atoms with Gasteiger partial charge in [0.25, 0.3) is 0 Å². The van der Waals surface area contributed by atoms with Crippen molar-refractivity contribution in [3.63, 3.8) is 0 Å². The number of nitrogens with zero attached hydrogens (tertiary/aromatic N) is 3. The molecule has 1 atom stereocenters. The van der Waals surface area contributed by atoms with Crippen molar-refractivity contribution < 1.29 is 14.8 Å². The van der Waals surface area contributed by atoms with Gasteiger partial charge in [0.05, 0.1) is 5.71 Å². The quantitative estimate of drug-likeness (QED) is 0.815. The zero-order valence-electron chi connectivity index (χ0n) is 16.4. The average Bonchev–Trinajstić information content (AvgIpc) is 2.69. The Balaban J connectivity index is 1.81. The summed E-state index contributed by atoms with van der Waals surface area (Å²) in [6, 6.07) is 17.5. The highest BCUT2D eigenvalue weighted by atomic mass is 16.5. The Bertz CT molecular complexity index is 977. The summed E-state index contributed by atoms with van der Waals surface area (Å²) in [5.74, 6) is -1.11. The van der Waals surface area contributed by atoms with Crippen molar-refractivity contribution in [2.24, 2.45) is 21.5 Å². The van der Waals surface area contributed by atoms with E-state index in [1.165, 1.54) is 0 Å². The molecule has 1 fully saturated rings. The molecular formula is C23H23N3O3. The van der Waals surface area contributed by atoms with Crippen LogP contribution in [0, 0.1) is 11.3 Å². The fourth-order valence-corrected chi connectivity index (χ4v) is 4.12. The van der Waals surface area contributed by atoms with Crippen LogP contribution < -0.4 is 0 Å². The van der Waals surface area contributed by atoms with E-state index in [9.17, 15) is 14.8 Å². The third-order valence-electron chi connectivity index (χ3n) is 5.43. The highest BCUT2D eigenvalue weighted by Crippen LogP contribution is 2.37. The maximum atomic E-state index is 13.0. The largest absolute Gasteiger partial charge is 0.299 e. The summed E-state index contributed by atoms with van der Waals surface area (Å²) < 4.78 is 0. The smallest absolute Gasteiger partial charge is 0.182 e. The van der Waals surface area contributed by atoms with Crippen molar-refractivity contribution in [1.29, 1.82) is 0 Å². The highest BCUT2D eigenvalue weighted by Gasteiger charge is 2.49. The van der Waals surface area contributed by atoms with Gasteiger partial charge in [-0.05, 0) is 5.41 Å². The van der Waals surface area contributed by atoms with Gasteiger partial charge < -0.3 is 0 Å². The van der Waals surface area contributed by atoms with E-state index in [-0.39, 0.29) is 35.7 Å². The molecule has 4 rings (SSSR count). The van der Waals surface area contributed by atoms with E-state index in [0.717, 1.165) is 10.6 Å². The van der Waals surface area contributed by atoms with Crippen LogP contribution in [0.15, 0.2) is 70.9 Å². The molecule has 1 unspecified atom stereocenters. The Hall–Kier alpha value is -3.12. The first-order chi connectivity index (χ1) is 13.9. The molecule has 1 saturated carbocycles. The van der Waals surface area contributed by atoms with Crippen LogP contribution in [-0.4, -0.2) is 39.4 Å². The van der Waals surface area contributed by atoms with Gasteiger partial charge in [0.2, 0.25) is 0 Å². The molecule has 0 radical (unpaired) electrons. The number of hydrogen-bond donors (Lipinski definition) is 1. The van der Waals surface area contributed by atoms with Crippen molar-refractivity contribution in [3.05, 3.63) is 71.8 Å². The molecule has 6 nitrogen and oxygen atoms in total. The summed E-state index contributed by atoms with van der Waals surface area (Å²) in [5.41, 5.74) is 1.42. The molecule has 0 bridgehead atoms. The average molecular weight is 389 g/mol. The minimum atomic E-state index is -0.985. The lowest BCUT2D eigenvalue weighted by atomic mass is 9.68. The number of amidine groups is 1. The van der Waals surface area contributed by atoms with E-state index < -0.39 is 12.0 Å². The predicted octanol–water partition coefficient (Wildman–Crippen LogP) is 3.49. The van der Waals surface area contributed by atoms with Crippen molar-refractivity contribution in [2.75, 3.05) is 0 Å². The van der Waals surface area contributed by atoms with Gasteiger partial charge in [0, 0.05) is 24.0 Å². The first kappa shape index (κ1) is 19.2. The van der Waals surface area contributed by atoms with Gasteiger partial charge in [-0.3, -0.25) is 14.8 Å². The molecule has 1 N–H and O–H groups in total. The molecule has 148 valence electrons. The summed E-state index contributed by atoms with van der Waals surface area (Å²) in [6.07, 6.45) is 0.571. The lowest BCUT2D eigenvalue weighted by Gasteiger charge is -2.40. The summed E-state index contributed by atoms with van der Waals surface area (Å²) >= 11 is 0. The first-order valence-corrected chi connectivity index (χ1v) is 9.67. The van der Waals surface area contributed by atoms with E-state index in [0.29, 0.717) is 11.3 Å². The van der Waals surface area contributed by atoms with Crippen LogP contribution in [0.5, 0.6) is 0 Å². The van der Waals surface area contributed by atoms with E-state index in [1.807, 2.05) is 62.4 Å². The zero-order chi connectivity index (χ0) is 20.6. The van der Waals surface area contributed by atoms with E-state index in [2.05, 4.69) is 10.2 Å². The normalized spacial score (nSPS) is 22.3. The van der Waals surface area contributed by atoms with Crippen LogP contribution in [0.2, 0.25) is 0 Å². The molecule has 0 amide bonds. The Morgan fingerprint density at radius 1 is 0.862 bits per heavy atom. The second-order valence-electron chi connectivity index (χ2n) is 8.36. The van der Waals surface area contributed by atoms with Gasteiger partial charge in [0.15, 0.2) is 5.84 Å². The Kier molecular flexibility index (Phi) is 4.88. The summed E-state index contributed by atoms with van der Waals surface area (Å²) in [7, 11) is 0. The SMILES string of the molecule is CC1(C)CC(=O)C(C2C(c3ccccc3)=NN=C(c3ccccc3)N2O)C(=O)C1. The molecule has 2 aliphatic rings. The number of hydroxylamine groups is 2. The zero-order valence-corrected chi connectivity index (χ0v) is 16.4. The first-order valence-electron chi connectivity index (χ1n) is 9.67. The molecule has 0 saturated heterocycles. The van der Waals surface area contributed by atoms with E-state index >= 15 is 0 Å². The molecule has 2 aromatic rings. The van der Waals surface area contributed by atoms with Crippen molar-refractivity contribution >= 4 is 23.1 Å². The van der Waals surface area contributed by atoms with Gasteiger partial charge in [0.1, 0.15) is 23.5 Å². The summed E-state index contributed by atoms with van der Waals surface area (Å²) in [5, 5.41) is 20.7. The number of carbonyl (C=O) groups excluding carboxylic acids is 2. The fourth-order valence-electron chi connectivity index (χ4n) is 4.12. The maximum Gasteiger partial charge on any atom is 0.182 e. The topological polar surface area (TPSA) is 82.3 Å². The number of Topliss-reactive ketones (excluding diaryl/α,β-unsaturated/α-hetero) is 2. The van der Waals surface area contributed by atoms with Crippen molar-refractivity contribution in [3.8, 4) is 0 Å². The molecule has 1 aliphatic heterocycles. The molecule has 2 aromatic carbocycles. The second kappa shape index (κ2) is 7.37. The molecule has 6 heteroatoms. The third kappa shape index (κ3) is 3.63. The minimum absolute atomic E-state index is 0.173. The van der Waals surface area contributed by atoms with Crippen LogP contribution >= 0.6 is 0 Å². The Morgan fingerprint density at radius 3 is 1.93 bits per heavy atom. The van der Waals surface area contributed by atoms with E-state index in [4.69, 9.17) is 0 Å². The molecule has 0 aromatic heterocycles. The highest BCUT2D eigenvalue weighted by molar-refractivity contribution is 6.17. The van der Waals surface area contributed by atoms with Crippen LogP contribution in [0.25, 0.3) is 0 Å². The van der Waals surface area contributed by atoms with Crippen LogP contribution in [0.1, 0.15) is 37.8 Å². The Morgan fingerprint density at radius 2 is 1.38 bits per heavy atom. The molecule has 0 spiro atoms. The fraction of sp³-hybridized carbons (Fsp3) is 0.304. The van der Waals surface area contributed by atoms with Gasteiger partial charge >= 0.3 is 0 Å². The van der Waals surface area contributed by atoms with Crippen molar-refractivity contribution in [2.45, 2.75) is 32.7 Å². The number of benzene rings is 2. The van der Waals surface area contributed by atoms with Crippen LogP contribution in [0.4, 0.5) is 0 Å². The van der Waals surface area contributed by atoms with Gasteiger partial charge in [-0.1, -0.05) is 74.5 Å². The van der Waals surface area contributed by atoms with Gasteiger partial charge in [-0.25, -0.2) is 5.06 Å². The van der Waals surface area contributed by atoms with Crippen LogP contribution in [0.3, 0.4) is 0 Å².